The molecule has 2 aromatic rings. The summed E-state index contributed by atoms with van der Waals surface area (Å²) in [7, 11) is 0. The Labute approximate surface area is 114 Å². The Balaban J connectivity index is 2.21. The Hall–Kier alpha value is -2.69. The van der Waals surface area contributed by atoms with Crippen molar-refractivity contribution in [2.75, 3.05) is 0 Å². The third-order valence-electron chi connectivity index (χ3n) is 3.23. The van der Waals surface area contributed by atoms with Crippen LogP contribution in [0.4, 0.5) is 0 Å². The summed E-state index contributed by atoms with van der Waals surface area (Å²) >= 11 is 0. The van der Waals surface area contributed by atoms with Gasteiger partial charge in [0.2, 0.25) is 0 Å². The predicted octanol–water partition coefficient (Wildman–Crippen LogP) is 3.42. The minimum Gasteiger partial charge on any atom is -0.512 e. The molecule has 1 aliphatic rings. The minimum atomic E-state index is -0.893. The van der Waals surface area contributed by atoms with Crippen molar-refractivity contribution in [1.29, 1.82) is 0 Å². The molecule has 0 bridgehead atoms. The van der Waals surface area contributed by atoms with Crippen LogP contribution in [0.1, 0.15) is 23.8 Å². The molecule has 100 valence electrons. The van der Waals surface area contributed by atoms with Crippen molar-refractivity contribution < 1.29 is 9.52 Å². The first-order chi connectivity index (χ1) is 9.69. The van der Waals surface area contributed by atoms with E-state index in [0.717, 1.165) is 5.56 Å². The SMILES string of the molecule is O=NC1CC(O)=Cc2oc(-c3ccccc3)cc(=O)c21. The molecule has 1 unspecified atom stereocenters. The molecule has 5 nitrogen and oxygen atoms in total. The van der Waals surface area contributed by atoms with Crippen LogP contribution < -0.4 is 5.43 Å². The lowest BCUT2D eigenvalue weighted by molar-refractivity contribution is 0.369. The number of nitrogens with zero attached hydrogens (tertiary/aromatic N) is 1. The van der Waals surface area contributed by atoms with Gasteiger partial charge in [-0.3, -0.25) is 4.79 Å². The molecule has 1 aromatic heterocycles. The molecule has 0 radical (unpaired) electrons. The first-order valence-corrected chi connectivity index (χ1v) is 6.14. The van der Waals surface area contributed by atoms with Gasteiger partial charge in [0.15, 0.2) is 5.43 Å². The number of hydrogen-bond donors (Lipinski definition) is 1. The van der Waals surface area contributed by atoms with Crippen molar-refractivity contribution in [2.24, 2.45) is 5.18 Å². The first-order valence-electron chi connectivity index (χ1n) is 6.14. The molecule has 0 amide bonds. The van der Waals surface area contributed by atoms with Crippen LogP contribution >= 0.6 is 0 Å². The average Bonchev–Trinajstić information content (AvgIpc) is 2.46. The highest BCUT2D eigenvalue weighted by Crippen LogP contribution is 2.33. The Bertz CT molecular complexity index is 746. The summed E-state index contributed by atoms with van der Waals surface area (Å²) < 4.78 is 5.63. The van der Waals surface area contributed by atoms with Gasteiger partial charge in [0.05, 0.1) is 11.3 Å². The fourth-order valence-corrected chi connectivity index (χ4v) is 2.30. The second kappa shape index (κ2) is 4.77. The molecule has 0 saturated heterocycles. The van der Waals surface area contributed by atoms with E-state index in [1.54, 1.807) is 0 Å². The van der Waals surface area contributed by atoms with Gasteiger partial charge in [-0.1, -0.05) is 35.5 Å². The molecule has 5 heteroatoms. The zero-order chi connectivity index (χ0) is 14.1. The lowest BCUT2D eigenvalue weighted by Gasteiger charge is -2.16. The highest BCUT2D eigenvalue weighted by Gasteiger charge is 2.27. The molecule has 1 heterocycles. The van der Waals surface area contributed by atoms with E-state index in [2.05, 4.69) is 5.18 Å². The molecule has 0 spiro atoms. The van der Waals surface area contributed by atoms with Crippen LogP contribution in [0.5, 0.6) is 0 Å². The molecule has 0 saturated carbocycles. The third-order valence-corrected chi connectivity index (χ3v) is 3.23. The van der Waals surface area contributed by atoms with Crippen LogP contribution in [0.25, 0.3) is 17.4 Å². The molecule has 3 rings (SSSR count). The van der Waals surface area contributed by atoms with Crippen molar-refractivity contribution in [3.05, 3.63) is 68.6 Å². The first kappa shape index (κ1) is 12.3. The average molecular weight is 269 g/mol. The molecule has 1 atom stereocenters. The summed E-state index contributed by atoms with van der Waals surface area (Å²) in [6.45, 7) is 0. The zero-order valence-corrected chi connectivity index (χ0v) is 10.4. The fraction of sp³-hybridized carbons (Fsp3) is 0.133. The Morgan fingerprint density at radius 3 is 2.70 bits per heavy atom. The van der Waals surface area contributed by atoms with E-state index >= 15 is 0 Å². The van der Waals surface area contributed by atoms with Gasteiger partial charge in [0.25, 0.3) is 0 Å². The van der Waals surface area contributed by atoms with E-state index in [9.17, 15) is 14.8 Å². The van der Waals surface area contributed by atoms with Crippen LogP contribution in [-0.4, -0.2) is 5.11 Å². The van der Waals surface area contributed by atoms with Crippen LogP contribution in [0, 0.1) is 4.91 Å². The Kier molecular flexibility index (Phi) is 2.95. The second-order valence-electron chi connectivity index (χ2n) is 4.58. The van der Waals surface area contributed by atoms with Crippen LogP contribution in [-0.2, 0) is 0 Å². The zero-order valence-electron chi connectivity index (χ0n) is 10.4. The molecular weight excluding hydrogens is 258 g/mol. The number of benzene rings is 1. The molecule has 0 aliphatic heterocycles. The number of hydrogen-bond acceptors (Lipinski definition) is 5. The van der Waals surface area contributed by atoms with Gasteiger partial charge in [0, 0.05) is 24.1 Å². The van der Waals surface area contributed by atoms with E-state index in [0.29, 0.717) is 5.76 Å². The van der Waals surface area contributed by atoms with Gasteiger partial charge < -0.3 is 9.52 Å². The van der Waals surface area contributed by atoms with E-state index in [-0.39, 0.29) is 28.9 Å². The van der Waals surface area contributed by atoms with Gasteiger partial charge in [-0.2, -0.15) is 4.91 Å². The summed E-state index contributed by atoms with van der Waals surface area (Å²) in [5, 5.41) is 12.5. The van der Waals surface area contributed by atoms with Crippen molar-refractivity contribution >= 4 is 6.08 Å². The molecule has 20 heavy (non-hydrogen) atoms. The quantitative estimate of drug-likeness (QED) is 0.847. The number of nitroso groups, excluding NO2 is 1. The van der Waals surface area contributed by atoms with Gasteiger partial charge in [-0.15, -0.1) is 0 Å². The molecule has 1 aromatic carbocycles. The van der Waals surface area contributed by atoms with Gasteiger partial charge in [0.1, 0.15) is 17.6 Å². The molecule has 1 N–H and O–H groups in total. The Morgan fingerprint density at radius 1 is 1.25 bits per heavy atom. The highest BCUT2D eigenvalue weighted by atomic mass is 16.3. The third kappa shape index (κ3) is 2.03. The Morgan fingerprint density at radius 2 is 2.00 bits per heavy atom. The summed E-state index contributed by atoms with van der Waals surface area (Å²) in [6.07, 6.45) is 1.40. The second-order valence-corrected chi connectivity index (χ2v) is 4.58. The van der Waals surface area contributed by atoms with Gasteiger partial charge in [-0.05, 0) is 0 Å². The normalized spacial score (nSPS) is 17.2. The topological polar surface area (TPSA) is 79.9 Å². The largest absolute Gasteiger partial charge is 0.512 e. The summed E-state index contributed by atoms with van der Waals surface area (Å²) in [5.41, 5.74) is 0.650. The van der Waals surface area contributed by atoms with Crippen molar-refractivity contribution in [3.8, 4) is 11.3 Å². The van der Waals surface area contributed by atoms with Crippen molar-refractivity contribution in [1.82, 2.24) is 0 Å². The van der Waals surface area contributed by atoms with E-state index in [4.69, 9.17) is 4.42 Å². The van der Waals surface area contributed by atoms with Crippen LogP contribution in [0.3, 0.4) is 0 Å². The van der Waals surface area contributed by atoms with Gasteiger partial charge >= 0.3 is 0 Å². The van der Waals surface area contributed by atoms with Gasteiger partial charge in [-0.25, -0.2) is 0 Å². The minimum absolute atomic E-state index is 0.0181. The standard InChI is InChI=1S/C15H11NO4/c17-10-6-11(16-19)15-12(18)8-13(20-14(15)7-10)9-4-2-1-3-5-9/h1-5,7-8,11,17H,6H2. The van der Waals surface area contributed by atoms with Crippen molar-refractivity contribution in [3.63, 3.8) is 0 Å². The maximum Gasteiger partial charge on any atom is 0.191 e. The molecular formula is C15H11NO4. The van der Waals surface area contributed by atoms with Crippen LogP contribution in [0.15, 0.2) is 56.5 Å². The van der Waals surface area contributed by atoms with E-state index in [1.165, 1.54) is 12.1 Å². The van der Waals surface area contributed by atoms with E-state index < -0.39 is 6.04 Å². The summed E-state index contributed by atoms with van der Waals surface area (Å²) in [5.74, 6) is 0.574. The molecule has 0 fully saturated rings. The van der Waals surface area contributed by atoms with Crippen LogP contribution in [0.2, 0.25) is 0 Å². The molecule has 1 aliphatic carbocycles. The van der Waals surface area contributed by atoms with Crippen molar-refractivity contribution in [2.45, 2.75) is 12.5 Å². The number of aliphatic hydroxyl groups excluding tert-OH is 1. The number of rotatable bonds is 2. The lowest BCUT2D eigenvalue weighted by Crippen LogP contribution is -2.17. The predicted molar refractivity (Wildman–Crippen MR) is 74.2 cm³/mol. The number of fused-ring (bicyclic) bond motifs is 1. The fourth-order valence-electron chi connectivity index (χ4n) is 2.30. The smallest absolute Gasteiger partial charge is 0.191 e. The summed E-state index contributed by atoms with van der Waals surface area (Å²) in [6, 6.07) is 9.60. The summed E-state index contributed by atoms with van der Waals surface area (Å²) in [4.78, 5) is 23.0. The number of aliphatic hydroxyl groups is 1. The monoisotopic (exact) mass is 269 g/mol. The maximum atomic E-state index is 12.2. The van der Waals surface area contributed by atoms with E-state index in [1.807, 2.05) is 30.3 Å². The maximum absolute atomic E-state index is 12.2. The lowest BCUT2D eigenvalue weighted by atomic mass is 9.96. The highest BCUT2D eigenvalue weighted by molar-refractivity contribution is 5.61.